The van der Waals surface area contributed by atoms with E-state index in [1.165, 1.54) is 12.1 Å². The highest BCUT2D eigenvalue weighted by molar-refractivity contribution is 9.10. The summed E-state index contributed by atoms with van der Waals surface area (Å²) in [6, 6.07) is 6.28. The quantitative estimate of drug-likeness (QED) is 0.771. The van der Waals surface area contributed by atoms with Gasteiger partial charge in [0, 0.05) is 10.0 Å². The van der Waals surface area contributed by atoms with Crippen LogP contribution in [0.3, 0.4) is 0 Å². The summed E-state index contributed by atoms with van der Waals surface area (Å²) in [5.74, 6) is -1.69. The van der Waals surface area contributed by atoms with Crippen LogP contribution in [0.4, 0.5) is 8.78 Å². The molecule has 0 bridgehead atoms. The van der Waals surface area contributed by atoms with E-state index in [1.807, 2.05) is 0 Å². The maximum atomic E-state index is 13.7. The second-order valence-corrected chi connectivity index (χ2v) is 5.26. The van der Waals surface area contributed by atoms with Gasteiger partial charge in [0.25, 0.3) is 0 Å². The first-order valence-corrected chi connectivity index (χ1v) is 6.95. The van der Waals surface area contributed by atoms with Crippen molar-refractivity contribution in [2.45, 2.75) is 0 Å². The Bertz CT molecular complexity index is 711. The third kappa shape index (κ3) is 2.51. The van der Waals surface area contributed by atoms with Crippen LogP contribution in [0.25, 0.3) is 0 Å². The molecule has 0 fully saturated rings. The summed E-state index contributed by atoms with van der Waals surface area (Å²) in [7, 11) is 0. The molecule has 3 nitrogen and oxygen atoms in total. The molecule has 0 aliphatic carbocycles. The van der Waals surface area contributed by atoms with Crippen molar-refractivity contribution in [3.63, 3.8) is 0 Å². The van der Waals surface area contributed by atoms with E-state index in [0.717, 1.165) is 12.1 Å². The Labute approximate surface area is 127 Å². The Morgan fingerprint density at radius 3 is 2.24 bits per heavy atom. The monoisotopic (exact) mass is 354 g/mol. The minimum Gasteiger partial charge on any atom is -0.486 e. The van der Waals surface area contributed by atoms with Gasteiger partial charge in [-0.25, -0.2) is 8.78 Å². The zero-order valence-electron chi connectivity index (χ0n) is 10.7. The Balaban J connectivity index is 2.10. The Morgan fingerprint density at radius 2 is 1.62 bits per heavy atom. The number of ketones is 1. The molecular weight excluding hydrogens is 346 g/mol. The van der Waals surface area contributed by atoms with Gasteiger partial charge in [0.2, 0.25) is 0 Å². The van der Waals surface area contributed by atoms with Crippen LogP contribution in [0.1, 0.15) is 15.9 Å². The first kappa shape index (κ1) is 14.0. The maximum absolute atomic E-state index is 13.7. The third-order valence-electron chi connectivity index (χ3n) is 3.07. The molecule has 0 saturated carbocycles. The second-order valence-electron chi connectivity index (χ2n) is 4.40. The van der Waals surface area contributed by atoms with Gasteiger partial charge in [-0.15, -0.1) is 0 Å². The average Bonchev–Trinajstić information content (AvgIpc) is 2.46. The van der Waals surface area contributed by atoms with Crippen molar-refractivity contribution in [1.82, 2.24) is 0 Å². The number of rotatable bonds is 2. The van der Waals surface area contributed by atoms with Gasteiger partial charge in [0.1, 0.15) is 24.8 Å². The van der Waals surface area contributed by atoms with Gasteiger partial charge < -0.3 is 9.47 Å². The zero-order valence-corrected chi connectivity index (χ0v) is 12.2. The number of hydrogen-bond acceptors (Lipinski definition) is 3. The molecule has 0 amide bonds. The summed E-state index contributed by atoms with van der Waals surface area (Å²) < 4.78 is 38.6. The first-order chi connectivity index (χ1) is 10.1. The second kappa shape index (κ2) is 5.44. The maximum Gasteiger partial charge on any atom is 0.200 e. The van der Waals surface area contributed by atoms with Gasteiger partial charge in [-0.3, -0.25) is 4.79 Å². The lowest BCUT2D eigenvalue weighted by Gasteiger charge is -2.19. The molecule has 0 atom stereocenters. The molecule has 0 aromatic heterocycles. The lowest BCUT2D eigenvalue weighted by Crippen LogP contribution is -2.16. The molecular formula is C15H9BrF2O3. The fraction of sp³-hybridized carbons (Fsp3) is 0.133. The molecule has 2 aromatic rings. The van der Waals surface area contributed by atoms with Crippen LogP contribution in [0, 0.1) is 11.6 Å². The van der Waals surface area contributed by atoms with Gasteiger partial charge in [-0.05, 0) is 40.2 Å². The molecule has 0 radical (unpaired) electrons. The van der Waals surface area contributed by atoms with Crippen LogP contribution >= 0.6 is 15.9 Å². The van der Waals surface area contributed by atoms with Gasteiger partial charge in [0.05, 0.1) is 5.56 Å². The van der Waals surface area contributed by atoms with Crippen LogP contribution in [0.5, 0.6) is 11.5 Å². The Hall–Kier alpha value is -1.95. The highest BCUT2D eigenvalue weighted by atomic mass is 79.9. The molecule has 6 heteroatoms. The lowest BCUT2D eigenvalue weighted by molar-refractivity contribution is 0.102. The molecule has 3 rings (SSSR count). The molecule has 2 aromatic carbocycles. The normalized spacial score (nSPS) is 13.1. The molecule has 0 saturated heterocycles. The van der Waals surface area contributed by atoms with Crippen molar-refractivity contribution in [3.05, 3.63) is 57.6 Å². The predicted octanol–water partition coefficient (Wildman–Crippen LogP) is 3.73. The standard InChI is InChI=1S/C15H9BrF2O3/c16-9-7-13-12(20-4-5-21-13)6-8(9)15(19)14-10(17)2-1-3-11(14)18/h1-3,6-7H,4-5H2. The molecule has 1 aliphatic heterocycles. The van der Waals surface area contributed by atoms with Crippen molar-refractivity contribution in [2.24, 2.45) is 0 Å². The van der Waals surface area contributed by atoms with Crippen LogP contribution in [0.15, 0.2) is 34.8 Å². The third-order valence-corrected chi connectivity index (χ3v) is 3.72. The number of fused-ring (bicyclic) bond motifs is 1. The average molecular weight is 355 g/mol. The van der Waals surface area contributed by atoms with Crippen LogP contribution in [-0.4, -0.2) is 19.0 Å². The minimum atomic E-state index is -0.901. The van der Waals surface area contributed by atoms with Crippen molar-refractivity contribution in [1.29, 1.82) is 0 Å². The Morgan fingerprint density at radius 1 is 1.05 bits per heavy atom. The smallest absolute Gasteiger partial charge is 0.200 e. The van der Waals surface area contributed by atoms with Crippen LogP contribution in [0.2, 0.25) is 0 Å². The molecule has 0 spiro atoms. The molecule has 21 heavy (non-hydrogen) atoms. The van der Waals surface area contributed by atoms with E-state index in [4.69, 9.17) is 9.47 Å². The molecule has 1 heterocycles. The number of halogens is 3. The lowest BCUT2D eigenvalue weighted by atomic mass is 10.0. The number of carbonyl (C=O) groups excluding carboxylic acids is 1. The molecule has 0 unspecified atom stereocenters. The van der Waals surface area contributed by atoms with Crippen molar-refractivity contribution in [2.75, 3.05) is 13.2 Å². The van der Waals surface area contributed by atoms with Crippen LogP contribution in [-0.2, 0) is 0 Å². The van der Waals surface area contributed by atoms with E-state index in [2.05, 4.69) is 15.9 Å². The summed E-state index contributed by atoms with van der Waals surface area (Å²) in [5.41, 5.74) is -0.474. The van der Waals surface area contributed by atoms with Gasteiger partial charge in [0.15, 0.2) is 17.3 Å². The van der Waals surface area contributed by atoms with Crippen molar-refractivity contribution < 1.29 is 23.0 Å². The first-order valence-electron chi connectivity index (χ1n) is 6.16. The number of benzene rings is 2. The van der Waals surface area contributed by atoms with Gasteiger partial charge >= 0.3 is 0 Å². The summed E-state index contributed by atoms with van der Waals surface area (Å²) in [5, 5.41) is 0. The van der Waals surface area contributed by atoms with E-state index in [-0.39, 0.29) is 5.56 Å². The van der Waals surface area contributed by atoms with E-state index in [9.17, 15) is 13.6 Å². The van der Waals surface area contributed by atoms with Crippen molar-refractivity contribution >= 4 is 21.7 Å². The number of ether oxygens (including phenoxy) is 2. The fourth-order valence-electron chi connectivity index (χ4n) is 2.09. The van der Waals surface area contributed by atoms with E-state index < -0.39 is 23.0 Å². The van der Waals surface area contributed by atoms with Crippen LogP contribution < -0.4 is 9.47 Å². The number of carbonyl (C=O) groups is 1. The van der Waals surface area contributed by atoms with E-state index in [0.29, 0.717) is 29.2 Å². The predicted molar refractivity (Wildman–Crippen MR) is 74.9 cm³/mol. The molecule has 0 N–H and O–H groups in total. The topological polar surface area (TPSA) is 35.5 Å². The summed E-state index contributed by atoms with van der Waals surface area (Å²) >= 11 is 3.22. The van der Waals surface area contributed by atoms with Gasteiger partial charge in [-0.1, -0.05) is 6.07 Å². The SMILES string of the molecule is O=C(c1cc2c(cc1Br)OCCO2)c1c(F)cccc1F. The largest absolute Gasteiger partial charge is 0.486 e. The van der Waals surface area contributed by atoms with E-state index >= 15 is 0 Å². The van der Waals surface area contributed by atoms with E-state index in [1.54, 1.807) is 6.07 Å². The number of hydrogen-bond donors (Lipinski definition) is 0. The fourth-order valence-corrected chi connectivity index (χ4v) is 2.59. The minimum absolute atomic E-state index is 0.114. The van der Waals surface area contributed by atoms with Crippen molar-refractivity contribution in [3.8, 4) is 11.5 Å². The van der Waals surface area contributed by atoms with Gasteiger partial charge in [-0.2, -0.15) is 0 Å². The summed E-state index contributed by atoms with van der Waals surface area (Å²) in [6.45, 7) is 0.769. The zero-order chi connectivity index (χ0) is 15.0. The molecule has 1 aliphatic rings. The molecule has 108 valence electrons. The highest BCUT2D eigenvalue weighted by Gasteiger charge is 2.24. The summed E-state index contributed by atoms with van der Waals surface area (Å²) in [6.07, 6.45) is 0. The summed E-state index contributed by atoms with van der Waals surface area (Å²) in [4.78, 5) is 12.4. The Kier molecular flexibility index (Phi) is 3.63. The highest BCUT2D eigenvalue weighted by Crippen LogP contribution is 2.36.